The molecule has 0 fully saturated rings. The molecule has 0 saturated heterocycles. The molecule has 3 N–H and O–H groups in total. The molecule has 19 heavy (non-hydrogen) atoms. The van der Waals surface area contributed by atoms with E-state index in [1.807, 2.05) is 20.2 Å². The SMILES string of the molecule is Cc1cc(-c2ccc3c(c2C)CN(C)N3)cnc1N. The first-order valence-electron chi connectivity index (χ1n) is 6.39. The molecular weight excluding hydrogens is 236 g/mol. The first kappa shape index (κ1) is 12.0. The maximum atomic E-state index is 5.79. The molecule has 2 aromatic rings. The Morgan fingerprint density at radius 2 is 2.11 bits per heavy atom. The van der Waals surface area contributed by atoms with Gasteiger partial charge in [-0.05, 0) is 48.2 Å². The molecule has 0 bridgehead atoms. The van der Waals surface area contributed by atoms with Crippen LogP contribution in [-0.2, 0) is 6.54 Å². The summed E-state index contributed by atoms with van der Waals surface area (Å²) in [5.41, 5.74) is 16.4. The van der Waals surface area contributed by atoms with Gasteiger partial charge in [-0.15, -0.1) is 0 Å². The van der Waals surface area contributed by atoms with Gasteiger partial charge in [-0.2, -0.15) is 0 Å². The van der Waals surface area contributed by atoms with E-state index >= 15 is 0 Å². The van der Waals surface area contributed by atoms with E-state index in [2.05, 4.69) is 40.5 Å². The van der Waals surface area contributed by atoms with Gasteiger partial charge in [0.15, 0.2) is 0 Å². The molecule has 1 aliphatic rings. The number of pyridine rings is 1. The number of hydrogen-bond donors (Lipinski definition) is 2. The van der Waals surface area contributed by atoms with Crippen LogP contribution in [0.5, 0.6) is 0 Å². The lowest BCUT2D eigenvalue weighted by molar-refractivity contribution is 0.422. The van der Waals surface area contributed by atoms with Gasteiger partial charge in [0.05, 0.1) is 5.69 Å². The van der Waals surface area contributed by atoms with E-state index in [1.165, 1.54) is 22.4 Å². The minimum absolute atomic E-state index is 0.601. The van der Waals surface area contributed by atoms with Gasteiger partial charge < -0.3 is 11.2 Å². The fourth-order valence-electron chi connectivity index (χ4n) is 2.59. The normalized spacial score (nSPS) is 14.3. The Morgan fingerprint density at radius 1 is 1.32 bits per heavy atom. The van der Waals surface area contributed by atoms with Crippen LogP contribution >= 0.6 is 0 Å². The van der Waals surface area contributed by atoms with E-state index in [4.69, 9.17) is 5.73 Å². The summed E-state index contributed by atoms with van der Waals surface area (Å²) in [6.07, 6.45) is 1.85. The summed E-state index contributed by atoms with van der Waals surface area (Å²) in [4.78, 5) is 4.26. The van der Waals surface area contributed by atoms with Crippen molar-refractivity contribution in [1.82, 2.24) is 9.99 Å². The van der Waals surface area contributed by atoms with Crippen molar-refractivity contribution >= 4 is 11.5 Å². The summed E-state index contributed by atoms with van der Waals surface area (Å²) >= 11 is 0. The van der Waals surface area contributed by atoms with Crippen molar-refractivity contribution in [1.29, 1.82) is 0 Å². The summed E-state index contributed by atoms with van der Waals surface area (Å²) in [5, 5.41) is 2.09. The second kappa shape index (κ2) is 4.24. The minimum Gasteiger partial charge on any atom is -0.383 e. The zero-order valence-electron chi connectivity index (χ0n) is 11.5. The number of aromatic nitrogens is 1. The number of anilines is 2. The fraction of sp³-hybridized carbons (Fsp3) is 0.267. The van der Waals surface area contributed by atoms with E-state index in [1.54, 1.807) is 0 Å². The van der Waals surface area contributed by atoms with Gasteiger partial charge in [-0.25, -0.2) is 9.99 Å². The number of hydrogen-bond acceptors (Lipinski definition) is 4. The average molecular weight is 254 g/mol. The van der Waals surface area contributed by atoms with E-state index < -0.39 is 0 Å². The Morgan fingerprint density at radius 3 is 2.84 bits per heavy atom. The van der Waals surface area contributed by atoms with Crippen LogP contribution in [0, 0.1) is 13.8 Å². The summed E-state index contributed by atoms with van der Waals surface area (Å²) in [6, 6.07) is 6.38. The molecule has 1 aliphatic heterocycles. The maximum absolute atomic E-state index is 5.79. The van der Waals surface area contributed by atoms with Crippen LogP contribution in [0.4, 0.5) is 11.5 Å². The van der Waals surface area contributed by atoms with E-state index in [0.717, 1.165) is 17.7 Å². The van der Waals surface area contributed by atoms with Crippen LogP contribution < -0.4 is 11.2 Å². The third-order valence-corrected chi connectivity index (χ3v) is 3.73. The second-order valence-electron chi connectivity index (χ2n) is 5.16. The molecule has 1 aromatic heterocycles. The van der Waals surface area contributed by atoms with Gasteiger partial charge in [0.2, 0.25) is 0 Å². The van der Waals surface area contributed by atoms with Crippen molar-refractivity contribution in [2.24, 2.45) is 0 Å². The number of nitrogens with zero attached hydrogens (tertiary/aromatic N) is 2. The number of nitrogens with two attached hydrogens (primary N) is 1. The lowest BCUT2D eigenvalue weighted by Crippen LogP contribution is -2.16. The predicted molar refractivity (Wildman–Crippen MR) is 78.6 cm³/mol. The van der Waals surface area contributed by atoms with Gasteiger partial charge in [0.1, 0.15) is 5.82 Å². The number of fused-ring (bicyclic) bond motifs is 1. The third kappa shape index (κ3) is 1.94. The molecule has 4 nitrogen and oxygen atoms in total. The highest BCUT2D eigenvalue weighted by atomic mass is 15.5. The van der Waals surface area contributed by atoms with Crippen molar-refractivity contribution in [3.63, 3.8) is 0 Å². The summed E-state index contributed by atoms with van der Waals surface area (Å²) in [6.45, 7) is 5.08. The molecule has 0 radical (unpaired) electrons. The van der Waals surface area contributed by atoms with Crippen LogP contribution in [-0.4, -0.2) is 17.0 Å². The smallest absolute Gasteiger partial charge is 0.126 e. The molecule has 0 aliphatic carbocycles. The van der Waals surface area contributed by atoms with Gasteiger partial charge in [0, 0.05) is 25.4 Å². The quantitative estimate of drug-likeness (QED) is 0.821. The van der Waals surface area contributed by atoms with Gasteiger partial charge in [0.25, 0.3) is 0 Å². The molecule has 0 amide bonds. The third-order valence-electron chi connectivity index (χ3n) is 3.73. The van der Waals surface area contributed by atoms with Crippen molar-refractivity contribution in [2.45, 2.75) is 20.4 Å². The summed E-state index contributed by atoms with van der Waals surface area (Å²) in [5.74, 6) is 0.601. The van der Waals surface area contributed by atoms with Gasteiger partial charge >= 0.3 is 0 Å². The molecule has 98 valence electrons. The molecule has 4 heteroatoms. The van der Waals surface area contributed by atoms with E-state index in [0.29, 0.717) is 5.82 Å². The largest absolute Gasteiger partial charge is 0.383 e. The first-order valence-corrected chi connectivity index (χ1v) is 6.39. The molecule has 1 aromatic carbocycles. The zero-order valence-corrected chi connectivity index (χ0v) is 11.5. The summed E-state index contributed by atoms with van der Waals surface area (Å²) in [7, 11) is 2.05. The highest BCUT2D eigenvalue weighted by Crippen LogP contribution is 2.34. The maximum Gasteiger partial charge on any atom is 0.126 e. The topological polar surface area (TPSA) is 54.2 Å². The Bertz CT molecular complexity index is 649. The van der Waals surface area contributed by atoms with Gasteiger partial charge in [-0.3, -0.25) is 0 Å². The molecule has 0 atom stereocenters. The minimum atomic E-state index is 0.601. The van der Waals surface area contributed by atoms with Crippen LogP contribution in [0.25, 0.3) is 11.1 Å². The molecule has 2 heterocycles. The Labute approximate surface area is 113 Å². The van der Waals surface area contributed by atoms with Crippen LogP contribution in [0.2, 0.25) is 0 Å². The Hall–Kier alpha value is -2.07. The number of rotatable bonds is 1. The number of hydrazine groups is 1. The van der Waals surface area contributed by atoms with E-state index in [9.17, 15) is 0 Å². The number of aryl methyl sites for hydroxylation is 1. The Balaban J connectivity index is 2.12. The van der Waals surface area contributed by atoms with Crippen molar-refractivity contribution in [3.05, 3.63) is 41.1 Å². The molecule has 0 unspecified atom stereocenters. The lowest BCUT2D eigenvalue weighted by atomic mass is 9.96. The van der Waals surface area contributed by atoms with Crippen LogP contribution in [0.15, 0.2) is 24.4 Å². The van der Waals surface area contributed by atoms with Crippen LogP contribution in [0.1, 0.15) is 16.7 Å². The van der Waals surface area contributed by atoms with Crippen molar-refractivity contribution in [2.75, 3.05) is 18.2 Å². The van der Waals surface area contributed by atoms with Crippen molar-refractivity contribution < 1.29 is 0 Å². The number of nitrogen functional groups attached to an aromatic ring is 1. The standard InChI is InChI=1S/C15H18N4/c1-9-6-11(7-17-15(9)16)12-4-5-14-13(10(12)2)8-19(3)18-14/h4-7,18H,8H2,1-3H3,(H2,16,17). The second-order valence-corrected chi connectivity index (χ2v) is 5.16. The van der Waals surface area contributed by atoms with Crippen LogP contribution in [0.3, 0.4) is 0 Å². The van der Waals surface area contributed by atoms with E-state index in [-0.39, 0.29) is 0 Å². The molecular formula is C15H18N4. The highest BCUT2D eigenvalue weighted by Gasteiger charge is 2.19. The molecule has 0 saturated carbocycles. The molecule has 0 spiro atoms. The average Bonchev–Trinajstić information content (AvgIpc) is 2.75. The predicted octanol–water partition coefficient (Wildman–Crippen LogP) is 2.72. The lowest BCUT2D eigenvalue weighted by Gasteiger charge is -2.11. The number of benzene rings is 1. The van der Waals surface area contributed by atoms with Crippen molar-refractivity contribution in [3.8, 4) is 11.1 Å². The Kier molecular flexibility index (Phi) is 2.68. The fourth-order valence-corrected chi connectivity index (χ4v) is 2.59. The first-order chi connectivity index (χ1) is 9.06. The molecule has 3 rings (SSSR count). The van der Waals surface area contributed by atoms with Gasteiger partial charge in [-0.1, -0.05) is 6.07 Å². The summed E-state index contributed by atoms with van der Waals surface area (Å²) < 4.78 is 0. The number of nitrogens with one attached hydrogen (secondary N) is 1. The zero-order chi connectivity index (χ0) is 13.6. The monoisotopic (exact) mass is 254 g/mol. The highest BCUT2D eigenvalue weighted by molar-refractivity contribution is 5.74.